The van der Waals surface area contributed by atoms with Gasteiger partial charge in [0, 0.05) is 17.0 Å². The Morgan fingerprint density at radius 1 is 1.50 bits per heavy atom. The van der Waals surface area contributed by atoms with Crippen molar-refractivity contribution < 1.29 is 14.7 Å². The Kier molecular flexibility index (Phi) is 4.75. The Labute approximate surface area is 122 Å². The molecule has 1 saturated carbocycles. The van der Waals surface area contributed by atoms with Crippen LogP contribution in [0.15, 0.2) is 6.20 Å². The normalized spacial score (nSPS) is 23.5. The molecular formula is C14H20N2O3S. The molecule has 1 aromatic rings. The average Bonchev–Trinajstić information content (AvgIpc) is 3.07. The fourth-order valence-electron chi connectivity index (χ4n) is 2.52. The number of hydrogen-bond donors (Lipinski definition) is 2. The molecule has 1 aromatic heterocycles. The van der Waals surface area contributed by atoms with E-state index in [-0.39, 0.29) is 23.8 Å². The molecule has 1 heterocycles. The number of aromatic nitrogens is 1. The molecule has 1 amide bonds. The molecule has 0 aromatic carbocycles. The van der Waals surface area contributed by atoms with Crippen LogP contribution in [0.4, 0.5) is 0 Å². The first kappa shape index (κ1) is 15.0. The SMILES string of the molecule is CCc1cnc(C(C)NC(=O)[C@@H]2CC[C@H](C(=O)O)C2)s1. The highest BCUT2D eigenvalue weighted by Crippen LogP contribution is 2.31. The van der Waals surface area contributed by atoms with Gasteiger partial charge in [-0.25, -0.2) is 4.98 Å². The molecule has 0 aliphatic heterocycles. The largest absolute Gasteiger partial charge is 0.481 e. The number of aliphatic carboxylic acids is 1. The fraction of sp³-hybridized carbons (Fsp3) is 0.643. The molecule has 6 heteroatoms. The van der Waals surface area contributed by atoms with Crippen LogP contribution in [-0.4, -0.2) is 22.0 Å². The third-order valence-electron chi connectivity index (χ3n) is 3.80. The van der Waals surface area contributed by atoms with Crippen LogP contribution in [-0.2, 0) is 16.0 Å². The Bertz CT molecular complexity index is 500. The van der Waals surface area contributed by atoms with Gasteiger partial charge in [0.05, 0.1) is 12.0 Å². The highest BCUT2D eigenvalue weighted by Gasteiger charge is 2.34. The van der Waals surface area contributed by atoms with Gasteiger partial charge in [-0.1, -0.05) is 6.92 Å². The first-order valence-electron chi connectivity index (χ1n) is 6.99. The van der Waals surface area contributed by atoms with Gasteiger partial charge in [-0.15, -0.1) is 11.3 Å². The predicted octanol–water partition coefficient (Wildman–Crippen LogP) is 2.38. The summed E-state index contributed by atoms with van der Waals surface area (Å²) in [4.78, 5) is 28.6. The minimum atomic E-state index is -0.791. The molecule has 2 rings (SSSR count). The zero-order valence-corrected chi connectivity index (χ0v) is 12.6. The van der Waals surface area contributed by atoms with E-state index >= 15 is 0 Å². The minimum Gasteiger partial charge on any atom is -0.481 e. The maximum Gasteiger partial charge on any atom is 0.306 e. The van der Waals surface area contributed by atoms with E-state index < -0.39 is 5.97 Å². The summed E-state index contributed by atoms with van der Waals surface area (Å²) in [6, 6.07) is -0.114. The summed E-state index contributed by atoms with van der Waals surface area (Å²) >= 11 is 1.61. The lowest BCUT2D eigenvalue weighted by Gasteiger charge is -2.15. The molecule has 3 atom stereocenters. The number of carboxylic acid groups (broad SMARTS) is 1. The highest BCUT2D eigenvalue weighted by molar-refractivity contribution is 7.11. The van der Waals surface area contributed by atoms with Crippen molar-refractivity contribution >= 4 is 23.2 Å². The van der Waals surface area contributed by atoms with Crippen LogP contribution in [0.25, 0.3) is 0 Å². The molecule has 5 nitrogen and oxygen atoms in total. The van der Waals surface area contributed by atoms with Gasteiger partial charge in [-0.2, -0.15) is 0 Å². The van der Waals surface area contributed by atoms with Gasteiger partial charge >= 0.3 is 5.97 Å². The number of nitrogens with one attached hydrogen (secondary N) is 1. The van der Waals surface area contributed by atoms with E-state index in [1.165, 1.54) is 4.88 Å². The Balaban J connectivity index is 1.89. The van der Waals surface area contributed by atoms with Crippen molar-refractivity contribution in [2.24, 2.45) is 11.8 Å². The van der Waals surface area contributed by atoms with E-state index in [4.69, 9.17) is 5.11 Å². The molecular weight excluding hydrogens is 276 g/mol. The van der Waals surface area contributed by atoms with Crippen molar-refractivity contribution in [1.82, 2.24) is 10.3 Å². The number of carboxylic acids is 1. The Morgan fingerprint density at radius 2 is 2.20 bits per heavy atom. The second-order valence-electron chi connectivity index (χ2n) is 5.29. The van der Waals surface area contributed by atoms with Crippen LogP contribution in [0.1, 0.15) is 49.0 Å². The summed E-state index contributed by atoms with van der Waals surface area (Å²) in [5.41, 5.74) is 0. The lowest BCUT2D eigenvalue weighted by molar-refractivity contribution is -0.141. The third kappa shape index (κ3) is 3.36. The van der Waals surface area contributed by atoms with E-state index in [1.54, 1.807) is 11.3 Å². The number of thiazole rings is 1. The average molecular weight is 296 g/mol. The van der Waals surface area contributed by atoms with Crippen molar-refractivity contribution in [2.75, 3.05) is 0 Å². The number of carbonyl (C=O) groups is 2. The van der Waals surface area contributed by atoms with Gasteiger partial charge in [0.25, 0.3) is 0 Å². The molecule has 1 aliphatic rings. The summed E-state index contributed by atoms with van der Waals surface area (Å²) in [7, 11) is 0. The Hall–Kier alpha value is -1.43. The second kappa shape index (κ2) is 6.35. The zero-order valence-electron chi connectivity index (χ0n) is 11.8. The molecule has 0 bridgehead atoms. The van der Waals surface area contributed by atoms with Crippen molar-refractivity contribution in [3.05, 3.63) is 16.1 Å². The Morgan fingerprint density at radius 3 is 2.75 bits per heavy atom. The van der Waals surface area contributed by atoms with Crippen LogP contribution in [0.5, 0.6) is 0 Å². The molecule has 1 unspecified atom stereocenters. The van der Waals surface area contributed by atoms with Crippen molar-refractivity contribution in [3.8, 4) is 0 Å². The fourth-order valence-corrected chi connectivity index (χ4v) is 3.38. The molecule has 0 spiro atoms. The number of rotatable bonds is 5. The van der Waals surface area contributed by atoms with E-state index in [0.29, 0.717) is 19.3 Å². The predicted molar refractivity (Wildman–Crippen MR) is 76.5 cm³/mol. The van der Waals surface area contributed by atoms with E-state index in [2.05, 4.69) is 17.2 Å². The van der Waals surface area contributed by atoms with Gasteiger partial charge in [0.15, 0.2) is 0 Å². The molecule has 0 radical (unpaired) electrons. The number of nitrogens with zero attached hydrogens (tertiary/aromatic N) is 1. The molecule has 0 saturated heterocycles. The van der Waals surface area contributed by atoms with Crippen molar-refractivity contribution in [3.63, 3.8) is 0 Å². The number of amides is 1. The minimum absolute atomic E-state index is 0.0468. The lowest BCUT2D eigenvalue weighted by atomic mass is 10.0. The third-order valence-corrected chi connectivity index (χ3v) is 5.13. The van der Waals surface area contributed by atoms with Gasteiger partial charge in [-0.05, 0) is 32.6 Å². The lowest BCUT2D eigenvalue weighted by Crippen LogP contribution is -2.32. The summed E-state index contributed by atoms with van der Waals surface area (Å²) < 4.78 is 0. The van der Waals surface area contributed by atoms with E-state index in [0.717, 1.165) is 11.4 Å². The number of carbonyl (C=O) groups excluding carboxylic acids is 1. The number of aryl methyl sites for hydroxylation is 1. The van der Waals surface area contributed by atoms with Crippen LogP contribution in [0.3, 0.4) is 0 Å². The quantitative estimate of drug-likeness (QED) is 0.874. The molecule has 20 heavy (non-hydrogen) atoms. The van der Waals surface area contributed by atoms with Gasteiger partial charge in [0.1, 0.15) is 5.01 Å². The molecule has 110 valence electrons. The highest BCUT2D eigenvalue weighted by atomic mass is 32.1. The van der Waals surface area contributed by atoms with Crippen molar-refractivity contribution in [1.29, 1.82) is 0 Å². The summed E-state index contributed by atoms with van der Waals surface area (Å²) in [6.07, 6.45) is 4.50. The van der Waals surface area contributed by atoms with Gasteiger partial charge in [-0.3, -0.25) is 9.59 Å². The molecule has 2 N–H and O–H groups in total. The summed E-state index contributed by atoms with van der Waals surface area (Å²) in [5, 5.41) is 12.8. The topological polar surface area (TPSA) is 79.3 Å². The first-order chi connectivity index (χ1) is 9.51. The van der Waals surface area contributed by atoms with E-state index in [1.807, 2.05) is 13.1 Å². The summed E-state index contributed by atoms with van der Waals surface area (Å²) in [6.45, 7) is 3.99. The molecule has 1 fully saturated rings. The first-order valence-corrected chi connectivity index (χ1v) is 7.80. The van der Waals surface area contributed by atoms with Gasteiger partial charge in [0.2, 0.25) is 5.91 Å². The monoisotopic (exact) mass is 296 g/mol. The maximum atomic E-state index is 12.1. The van der Waals surface area contributed by atoms with E-state index in [9.17, 15) is 9.59 Å². The van der Waals surface area contributed by atoms with Gasteiger partial charge < -0.3 is 10.4 Å². The molecule has 1 aliphatic carbocycles. The van der Waals surface area contributed by atoms with Crippen LogP contribution < -0.4 is 5.32 Å². The summed E-state index contributed by atoms with van der Waals surface area (Å²) in [5.74, 6) is -1.38. The van der Waals surface area contributed by atoms with Crippen molar-refractivity contribution in [2.45, 2.75) is 45.6 Å². The van der Waals surface area contributed by atoms with Crippen LogP contribution in [0, 0.1) is 11.8 Å². The van der Waals surface area contributed by atoms with Crippen LogP contribution >= 0.6 is 11.3 Å². The smallest absolute Gasteiger partial charge is 0.306 e. The van der Waals surface area contributed by atoms with Crippen LogP contribution in [0.2, 0.25) is 0 Å². The standard InChI is InChI=1S/C14H20N2O3S/c1-3-11-7-15-13(20-11)8(2)16-12(17)9-4-5-10(6-9)14(18)19/h7-10H,3-6H2,1-2H3,(H,16,17)(H,18,19)/t8?,9-,10+/m1/s1. The number of hydrogen-bond acceptors (Lipinski definition) is 4. The maximum absolute atomic E-state index is 12.1. The second-order valence-corrected chi connectivity index (χ2v) is 6.44. The zero-order chi connectivity index (χ0) is 14.7.